The molecular formula is C14H18O4S. The number of ketones is 1. The lowest BCUT2D eigenvalue weighted by Crippen LogP contribution is -2.01. The second-order valence-electron chi connectivity index (χ2n) is 4.51. The van der Waals surface area contributed by atoms with Gasteiger partial charge in [0.1, 0.15) is 5.78 Å². The predicted octanol–water partition coefficient (Wildman–Crippen LogP) is 2.32. The Morgan fingerprint density at radius 3 is 2.74 bits per heavy atom. The highest BCUT2D eigenvalue weighted by Gasteiger charge is 2.13. The molecule has 0 saturated heterocycles. The molecule has 0 saturated carbocycles. The molecule has 0 aromatic heterocycles. The normalized spacial score (nSPS) is 15.6. The van der Waals surface area contributed by atoms with Crippen LogP contribution in [0.1, 0.15) is 26.2 Å². The maximum atomic E-state index is 12.1. The first kappa shape index (κ1) is 14.1. The summed E-state index contributed by atoms with van der Waals surface area (Å²) in [7, 11) is -1.09. The van der Waals surface area contributed by atoms with Crippen molar-refractivity contribution in [2.45, 2.75) is 31.1 Å². The summed E-state index contributed by atoms with van der Waals surface area (Å²) in [6, 6.07) is 5.39. The summed E-state index contributed by atoms with van der Waals surface area (Å²) in [6.07, 6.45) is 1.98. The van der Waals surface area contributed by atoms with Crippen LogP contribution < -0.4 is 9.47 Å². The summed E-state index contributed by atoms with van der Waals surface area (Å²) in [6.45, 7) is 2.82. The Morgan fingerprint density at radius 2 is 2.00 bits per heavy atom. The van der Waals surface area contributed by atoms with Crippen molar-refractivity contribution in [2.75, 3.05) is 19.0 Å². The molecule has 1 heterocycles. The summed E-state index contributed by atoms with van der Waals surface area (Å²) >= 11 is 0. The molecule has 0 amide bonds. The van der Waals surface area contributed by atoms with Crippen LogP contribution in [-0.2, 0) is 15.6 Å². The molecular weight excluding hydrogens is 264 g/mol. The number of carbonyl (C=O) groups excluding carboxylic acids is 1. The van der Waals surface area contributed by atoms with Gasteiger partial charge in [-0.25, -0.2) is 0 Å². The highest BCUT2D eigenvalue weighted by atomic mass is 32.2. The molecule has 0 N–H and O–H groups in total. The van der Waals surface area contributed by atoms with Crippen LogP contribution in [0.3, 0.4) is 0 Å². The summed E-state index contributed by atoms with van der Waals surface area (Å²) in [4.78, 5) is 11.6. The molecule has 104 valence electrons. The van der Waals surface area contributed by atoms with Gasteiger partial charge in [-0.2, -0.15) is 0 Å². The van der Waals surface area contributed by atoms with Crippen LogP contribution in [0.15, 0.2) is 23.1 Å². The molecule has 0 aliphatic carbocycles. The van der Waals surface area contributed by atoms with Gasteiger partial charge in [-0.05, 0) is 25.5 Å². The lowest BCUT2D eigenvalue weighted by molar-refractivity contribution is -0.117. The largest absolute Gasteiger partial charge is 0.490 e. The fourth-order valence-corrected chi connectivity index (χ4v) is 2.96. The second kappa shape index (κ2) is 6.70. The fourth-order valence-electron chi connectivity index (χ4n) is 1.86. The van der Waals surface area contributed by atoms with E-state index in [-0.39, 0.29) is 5.78 Å². The molecule has 1 aromatic rings. The van der Waals surface area contributed by atoms with E-state index >= 15 is 0 Å². The zero-order valence-electron chi connectivity index (χ0n) is 11.0. The van der Waals surface area contributed by atoms with Gasteiger partial charge < -0.3 is 14.3 Å². The Bertz CT molecular complexity index is 484. The fraction of sp³-hybridized carbons (Fsp3) is 0.500. The van der Waals surface area contributed by atoms with Crippen LogP contribution in [0.5, 0.6) is 11.5 Å². The van der Waals surface area contributed by atoms with Crippen LogP contribution in [0.25, 0.3) is 0 Å². The monoisotopic (exact) mass is 282 g/mol. The minimum Gasteiger partial charge on any atom is -0.490 e. The van der Waals surface area contributed by atoms with Crippen molar-refractivity contribution in [3.05, 3.63) is 18.2 Å². The maximum Gasteiger partial charge on any atom is 0.162 e. The number of ether oxygens (including phenoxy) is 2. The first-order chi connectivity index (χ1) is 9.16. The van der Waals surface area contributed by atoms with Crippen molar-refractivity contribution in [1.29, 1.82) is 0 Å². The Morgan fingerprint density at radius 1 is 1.26 bits per heavy atom. The zero-order chi connectivity index (χ0) is 13.7. The number of fused-ring (bicyclic) bond motifs is 1. The third-order valence-electron chi connectivity index (χ3n) is 2.84. The summed E-state index contributed by atoms with van der Waals surface area (Å²) in [5, 5.41) is 0. The van der Waals surface area contributed by atoms with Gasteiger partial charge in [-0.1, -0.05) is 0 Å². The van der Waals surface area contributed by atoms with Crippen molar-refractivity contribution >= 4 is 16.6 Å². The van der Waals surface area contributed by atoms with Crippen molar-refractivity contribution in [2.24, 2.45) is 0 Å². The van der Waals surface area contributed by atoms with Gasteiger partial charge in [0.05, 0.1) is 24.0 Å². The first-order valence-corrected chi connectivity index (χ1v) is 7.76. The molecule has 0 spiro atoms. The molecule has 0 bridgehead atoms. The summed E-state index contributed by atoms with van der Waals surface area (Å²) in [5.41, 5.74) is 0. The molecule has 0 radical (unpaired) electrons. The molecule has 5 heteroatoms. The smallest absolute Gasteiger partial charge is 0.162 e. The van der Waals surface area contributed by atoms with E-state index in [1.54, 1.807) is 25.1 Å². The Balaban J connectivity index is 2.02. The Hall–Kier alpha value is -1.36. The van der Waals surface area contributed by atoms with E-state index in [2.05, 4.69) is 0 Å². The standard InChI is InChI=1S/C14H18O4S/c1-11(15)4-2-9-19(16)12-5-6-13-14(10-12)18-8-3-7-17-13/h5-6,10H,2-4,7-9H2,1H3. The molecule has 1 aliphatic heterocycles. The van der Waals surface area contributed by atoms with E-state index in [4.69, 9.17) is 9.47 Å². The quantitative estimate of drug-likeness (QED) is 0.831. The average Bonchev–Trinajstić information content (AvgIpc) is 2.62. The minimum absolute atomic E-state index is 0.135. The molecule has 19 heavy (non-hydrogen) atoms. The van der Waals surface area contributed by atoms with Crippen LogP contribution in [0, 0.1) is 0 Å². The van der Waals surface area contributed by atoms with Gasteiger partial charge >= 0.3 is 0 Å². The van der Waals surface area contributed by atoms with E-state index in [9.17, 15) is 9.00 Å². The van der Waals surface area contributed by atoms with Gasteiger partial charge in [0.25, 0.3) is 0 Å². The molecule has 1 aromatic carbocycles. The number of Topliss-reactive ketones (excluding diaryl/α,β-unsaturated/α-hetero) is 1. The SMILES string of the molecule is CC(=O)CCCS(=O)c1ccc2c(c1)OCCCO2. The number of carbonyl (C=O) groups is 1. The molecule has 2 rings (SSSR count). The topological polar surface area (TPSA) is 52.6 Å². The lowest BCUT2D eigenvalue weighted by atomic mass is 10.3. The number of benzene rings is 1. The third-order valence-corrected chi connectivity index (χ3v) is 4.28. The van der Waals surface area contributed by atoms with Crippen LogP contribution in [0.2, 0.25) is 0 Å². The van der Waals surface area contributed by atoms with Gasteiger partial charge in [0.2, 0.25) is 0 Å². The van der Waals surface area contributed by atoms with E-state index in [1.165, 1.54) is 0 Å². The number of hydrogen-bond donors (Lipinski definition) is 0. The van der Waals surface area contributed by atoms with Gasteiger partial charge in [-0.3, -0.25) is 4.21 Å². The van der Waals surface area contributed by atoms with Gasteiger partial charge in [0, 0.05) is 29.6 Å². The molecule has 1 unspecified atom stereocenters. The third kappa shape index (κ3) is 4.06. The van der Waals surface area contributed by atoms with Crippen LogP contribution in [-0.4, -0.2) is 29.0 Å². The zero-order valence-corrected chi connectivity index (χ0v) is 11.8. The van der Waals surface area contributed by atoms with Gasteiger partial charge in [-0.15, -0.1) is 0 Å². The second-order valence-corrected chi connectivity index (χ2v) is 6.08. The van der Waals surface area contributed by atoms with Crippen LogP contribution >= 0.6 is 0 Å². The van der Waals surface area contributed by atoms with Crippen molar-refractivity contribution in [3.8, 4) is 11.5 Å². The average molecular weight is 282 g/mol. The molecule has 4 nitrogen and oxygen atoms in total. The van der Waals surface area contributed by atoms with E-state index in [0.29, 0.717) is 43.3 Å². The highest BCUT2D eigenvalue weighted by Crippen LogP contribution is 2.31. The highest BCUT2D eigenvalue weighted by molar-refractivity contribution is 7.85. The van der Waals surface area contributed by atoms with Crippen LogP contribution in [0.4, 0.5) is 0 Å². The first-order valence-electron chi connectivity index (χ1n) is 6.44. The van der Waals surface area contributed by atoms with Crippen molar-refractivity contribution in [1.82, 2.24) is 0 Å². The summed E-state index contributed by atoms with van der Waals surface area (Å²) in [5.74, 6) is 2.01. The molecule has 0 fully saturated rings. The predicted molar refractivity (Wildman–Crippen MR) is 73.2 cm³/mol. The van der Waals surface area contributed by atoms with E-state index in [1.807, 2.05) is 0 Å². The molecule has 1 atom stereocenters. The Kier molecular flexibility index (Phi) is 4.96. The maximum absolute atomic E-state index is 12.1. The lowest BCUT2D eigenvalue weighted by Gasteiger charge is -2.09. The number of rotatable bonds is 5. The van der Waals surface area contributed by atoms with E-state index < -0.39 is 10.8 Å². The minimum atomic E-state index is -1.09. The Labute approximate surface area is 115 Å². The van der Waals surface area contributed by atoms with Crippen molar-refractivity contribution in [3.63, 3.8) is 0 Å². The van der Waals surface area contributed by atoms with Gasteiger partial charge in [0.15, 0.2) is 11.5 Å². The van der Waals surface area contributed by atoms with E-state index in [0.717, 1.165) is 11.3 Å². The summed E-state index contributed by atoms with van der Waals surface area (Å²) < 4.78 is 23.2. The number of hydrogen-bond acceptors (Lipinski definition) is 4. The van der Waals surface area contributed by atoms with Crippen molar-refractivity contribution < 1.29 is 18.5 Å². The molecule has 1 aliphatic rings.